The fourth-order valence-corrected chi connectivity index (χ4v) is 4.84. The number of fused-ring (bicyclic) bond motifs is 1. The number of carbonyl (C=O) groups excluding carboxylic acids is 1. The Bertz CT molecular complexity index is 1640. The van der Waals surface area contributed by atoms with E-state index in [4.69, 9.17) is 21.3 Å². The number of nitriles is 1. The molecule has 4 N–H and O–H groups in total. The van der Waals surface area contributed by atoms with E-state index in [2.05, 4.69) is 9.97 Å². The first-order valence-corrected chi connectivity index (χ1v) is 12.9. The topological polar surface area (TPSA) is 149 Å². The number of halogens is 1. The lowest BCUT2D eigenvalue weighted by Gasteiger charge is -2.33. The number of piperidine rings is 1. The molecule has 1 aliphatic heterocycles. The Hall–Kier alpha value is -4.82. The van der Waals surface area contributed by atoms with Crippen LogP contribution in [0.1, 0.15) is 32.7 Å². The van der Waals surface area contributed by atoms with Crippen LogP contribution >= 0.6 is 0 Å². The summed E-state index contributed by atoms with van der Waals surface area (Å²) in [5, 5.41) is 14.8. The average Bonchev–Trinajstić information content (AvgIpc) is 3.32. The van der Waals surface area contributed by atoms with Gasteiger partial charge in [0.1, 0.15) is 46.8 Å². The van der Waals surface area contributed by atoms with Gasteiger partial charge in [0.25, 0.3) is 5.91 Å². The molecular weight excluding hydrogens is 511 g/mol. The lowest BCUT2D eigenvalue weighted by atomic mass is 10.0. The fourth-order valence-electron chi connectivity index (χ4n) is 4.84. The normalized spacial score (nSPS) is 16.1. The number of para-hydroxylation sites is 1. The number of hydrogen-bond donors (Lipinski definition) is 2. The first-order chi connectivity index (χ1) is 19.1. The van der Waals surface area contributed by atoms with Crippen molar-refractivity contribution in [2.24, 2.45) is 5.73 Å². The SMILES string of the molecule is CC(C)(N)/C=C(/C#N)C(=O)N1CCC[C@H](n2nc(-c3ccc(Oc4ccccc4)cc3F)c3c(N)ncnc32)C1. The van der Waals surface area contributed by atoms with Crippen molar-refractivity contribution in [3.05, 3.63) is 72.3 Å². The Morgan fingerprint density at radius 2 is 1.98 bits per heavy atom. The summed E-state index contributed by atoms with van der Waals surface area (Å²) in [6, 6.07) is 15.3. The van der Waals surface area contributed by atoms with Crippen molar-refractivity contribution in [1.29, 1.82) is 5.26 Å². The average molecular weight is 541 g/mol. The number of anilines is 1. The Labute approximate surface area is 230 Å². The number of likely N-dealkylation sites (tertiary alicyclic amines) is 1. The number of carbonyl (C=O) groups is 1. The zero-order valence-corrected chi connectivity index (χ0v) is 22.2. The third-order valence-corrected chi connectivity index (χ3v) is 6.59. The number of ether oxygens (including phenoxy) is 1. The van der Waals surface area contributed by atoms with Gasteiger partial charge in [-0.05, 0) is 57.0 Å². The van der Waals surface area contributed by atoms with Gasteiger partial charge in [-0.25, -0.2) is 19.0 Å². The Kier molecular flexibility index (Phi) is 7.19. The minimum atomic E-state index is -0.816. The monoisotopic (exact) mass is 540 g/mol. The van der Waals surface area contributed by atoms with Gasteiger partial charge in [0.15, 0.2) is 5.65 Å². The Morgan fingerprint density at radius 1 is 1.20 bits per heavy atom. The van der Waals surface area contributed by atoms with E-state index in [1.807, 2.05) is 24.3 Å². The molecule has 0 saturated carbocycles. The predicted octanol–water partition coefficient (Wildman–Crippen LogP) is 4.36. The summed E-state index contributed by atoms with van der Waals surface area (Å²) in [6.45, 7) is 4.21. The molecule has 2 aromatic carbocycles. The molecular formula is C29H29FN8O2. The highest BCUT2D eigenvalue weighted by atomic mass is 19.1. The van der Waals surface area contributed by atoms with Gasteiger partial charge in [-0.2, -0.15) is 10.4 Å². The molecule has 0 bridgehead atoms. The molecule has 11 heteroatoms. The van der Waals surface area contributed by atoms with Gasteiger partial charge in [-0.1, -0.05) is 18.2 Å². The van der Waals surface area contributed by atoms with Crippen LogP contribution in [0, 0.1) is 17.1 Å². The van der Waals surface area contributed by atoms with E-state index in [0.29, 0.717) is 47.6 Å². The van der Waals surface area contributed by atoms with E-state index in [1.54, 1.807) is 47.7 Å². The van der Waals surface area contributed by atoms with Crippen LogP contribution in [0.2, 0.25) is 0 Å². The molecule has 0 spiro atoms. The van der Waals surface area contributed by atoms with E-state index < -0.39 is 17.3 Å². The molecule has 1 amide bonds. The highest BCUT2D eigenvalue weighted by molar-refractivity contribution is 5.99. The molecule has 1 aliphatic rings. The van der Waals surface area contributed by atoms with Crippen LogP contribution in [0.15, 0.2) is 66.5 Å². The molecule has 0 radical (unpaired) electrons. The van der Waals surface area contributed by atoms with Gasteiger partial charge in [0, 0.05) is 30.3 Å². The number of benzene rings is 2. The van der Waals surface area contributed by atoms with Crippen molar-refractivity contribution < 1.29 is 13.9 Å². The predicted molar refractivity (Wildman–Crippen MR) is 148 cm³/mol. The van der Waals surface area contributed by atoms with Crippen LogP contribution in [0.25, 0.3) is 22.3 Å². The van der Waals surface area contributed by atoms with Crippen molar-refractivity contribution in [1.82, 2.24) is 24.6 Å². The first kappa shape index (κ1) is 26.8. The first-order valence-electron chi connectivity index (χ1n) is 12.9. The number of aromatic nitrogens is 4. The molecule has 1 fully saturated rings. The quantitative estimate of drug-likeness (QED) is 0.271. The summed E-state index contributed by atoms with van der Waals surface area (Å²) in [6.07, 6.45) is 4.18. The van der Waals surface area contributed by atoms with Crippen molar-refractivity contribution in [3.63, 3.8) is 0 Å². The lowest BCUT2D eigenvalue weighted by molar-refractivity contribution is -0.128. The van der Waals surface area contributed by atoms with Crippen LogP contribution < -0.4 is 16.2 Å². The van der Waals surface area contributed by atoms with E-state index in [0.717, 1.165) is 0 Å². The van der Waals surface area contributed by atoms with Crippen LogP contribution in [0.5, 0.6) is 11.5 Å². The zero-order chi connectivity index (χ0) is 28.4. The smallest absolute Gasteiger partial charge is 0.264 e. The second-order valence-corrected chi connectivity index (χ2v) is 10.3. The second kappa shape index (κ2) is 10.7. The van der Waals surface area contributed by atoms with Crippen LogP contribution in [0.3, 0.4) is 0 Å². The van der Waals surface area contributed by atoms with Gasteiger partial charge < -0.3 is 21.1 Å². The number of hydrogen-bond acceptors (Lipinski definition) is 8. The van der Waals surface area contributed by atoms with Crippen LogP contribution in [-0.4, -0.2) is 49.2 Å². The third-order valence-electron chi connectivity index (χ3n) is 6.59. The van der Waals surface area contributed by atoms with Gasteiger partial charge >= 0.3 is 0 Å². The van der Waals surface area contributed by atoms with Gasteiger partial charge in [0.05, 0.1) is 11.4 Å². The third kappa shape index (κ3) is 5.48. The Morgan fingerprint density at radius 3 is 2.67 bits per heavy atom. The molecule has 5 rings (SSSR count). The molecule has 1 saturated heterocycles. The number of rotatable bonds is 6. The molecule has 2 aromatic heterocycles. The molecule has 0 aliphatic carbocycles. The molecule has 4 aromatic rings. The van der Waals surface area contributed by atoms with Crippen molar-refractivity contribution in [3.8, 4) is 28.8 Å². The summed E-state index contributed by atoms with van der Waals surface area (Å²) in [5.74, 6) is 0.152. The molecule has 40 heavy (non-hydrogen) atoms. The molecule has 0 unspecified atom stereocenters. The number of nitrogens with two attached hydrogens (primary N) is 2. The largest absolute Gasteiger partial charge is 0.457 e. The van der Waals surface area contributed by atoms with E-state index in [-0.39, 0.29) is 29.5 Å². The van der Waals surface area contributed by atoms with Gasteiger partial charge in [-0.3, -0.25) is 4.79 Å². The summed E-state index contributed by atoms with van der Waals surface area (Å²) in [5.41, 5.74) is 12.4. The van der Waals surface area contributed by atoms with Crippen molar-refractivity contribution in [2.45, 2.75) is 38.3 Å². The molecule has 1 atom stereocenters. The van der Waals surface area contributed by atoms with Crippen molar-refractivity contribution >= 4 is 22.8 Å². The van der Waals surface area contributed by atoms with E-state index in [9.17, 15) is 10.1 Å². The summed E-state index contributed by atoms with van der Waals surface area (Å²) < 4.78 is 22.9. The maximum Gasteiger partial charge on any atom is 0.264 e. The number of nitrogen functional groups attached to an aromatic ring is 1. The Balaban J connectivity index is 1.49. The fraction of sp³-hybridized carbons (Fsp3) is 0.276. The standard InChI is InChI=1S/C29H29FN8O2/c1-29(2,33)14-18(15-31)28(39)37-12-6-7-19(16-37)38-27-24(26(32)34-17-35-27)25(36-38)22-11-10-21(13-23(22)30)40-20-8-4-3-5-9-20/h3-5,8-11,13-14,17,19H,6-7,12,16,33H2,1-2H3,(H2,32,34,35)/b18-14-/t19-/m0/s1. The van der Waals surface area contributed by atoms with E-state index in [1.165, 1.54) is 18.5 Å². The highest BCUT2D eigenvalue weighted by Gasteiger charge is 2.31. The number of nitrogens with zero attached hydrogens (tertiary/aromatic N) is 6. The van der Waals surface area contributed by atoms with Crippen LogP contribution in [0.4, 0.5) is 10.2 Å². The molecule has 204 valence electrons. The second-order valence-electron chi connectivity index (χ2n) is 10.3. The minimum absolute atomic E-state index is 0.00869. The van der Waals surface area contributed by atoms with E-state index >= 15 is 4.39 Å². The maximum absolute atomic E-state index is 15.5. The van der Waals surface area contributed by atoms with Gasteiger partial charge in [-0.15, -0.1) is 0 Å². The molecule has 10 nitrogen and oxygen atoms in total. The summed E-state index contributed by atoms with van der Waals surface area (Å²) >= 11 is 0. The van der Waals surface area contributed by atoms with Crippen LogP contribution in [-0.2, 0) is 4.79 Å². The molecule has 3 heterocycles. The minimum Gasteiger partial charge on any atom is -0.457 e. The summed E-state index contributed by atoms with van der Waals surface area (Å²) in [7, 11) is 0. The highest BCUT2D eigenvalue weighted by Crippen LogP contribution is 2.36. The zero-order valence-electron chi connectivity index (χ0n) is 22.2. The van der Waals surface area contributed by atoms with Crippen molar-refractivity contribution in [2.75, 3.05) is 18.8 Å². The van der Waals surface area contributed by atoms with Gasteiger partial charge in [0.2, 0.25) is 0 Å². The number of amides is 1. The maximum atomic E-state index is 15.5. The lowest BCUT2D eigenvalue weighted by Crippen LogP contribution is -2.42. The summed E-state index contributed by atoms with van der Waals surface area (Å²) in [4.78, 5) is 23.3.